The van der Waals surface area contributed by atoms with Crippen LogP contribution < -0.4 is 5.73 Å². The molecule has 0 amide bonds. The summed E-state index contributed by atoms with van der Waals surface area (Å²) in [6.07, 6.45) is 4.77. The Hall–Kier alpha value is -1.02. The van der Waals surface area contributed by atoms with Crippen molar-refractivity contribution in [3.05, 3.63) is 28.3 Å². The summed E-state index contributed by atoms with van der Waals surface area (Å²) in [5.41, 5.74) is 10.9. The van der Waals surface area contributed by atoms with Gasteiger partial charge in [-0.3, -0.25) is 0 Å². The fraction of sp³-hybridized carbons (Fsp3) is 0.571. The van der Waals surface area contributed by atoms with Crippen molar-refractivity contribution < 1.29 is 5.11 Å². The summed E-state index contributed by atoms with van der Waals surface area (Å²) in [6.45, 7) is 4.79. The predicted octanol–water partition coefficient (Wildman–Crippen LogP) is 2.64. The molecule has 2 heteroatoms. The first-order valence-electron chi connectivity index (χ1n) is 6.19. The molecule has 1 aromatic rings. The van der Waals surface area contributed by atoms with Crippen LogP contribution in [-0.4, -0.2) is 11.7 Å². The van der Waals surface area contributed by atoms with Crippen molar-refractivity contribution in [2.45, 2.75) is 45.4 Å². The summed E-state index contributed by atoms with van der Waals surface area (Å²) in [4.78, 5) is 0. The largest absolute Gasteiger partial charge is 0.508 e. The van der Waals surface area contributed by atoms with Gasteiger partial charge < -0.3 is 10.8 Å². The van der Waals surface area contributed by atoms with Crippen LogP contribution in [0.2, 0.25) is 0 Å². The Kier molecular flexibility index (Phi) is 3.20. The lowest BCUT2D eigenvalue weighted by Crippen LogP contribution is -2.15. The molecular weight excluding hydrogens is 198 g/mol. The number of hydrogen-bond donors (Lipinski definition) is 2. The van der Waals surface area contributed by atoms with E-state index in [9.17, 15) is 5.11 Å². The van der Waals surface area contributed by atoms with Crippen molar-refractivity contribution in [2.75, 3.05) is 6.54 Å². The zero-order chi connectivity index (χ0) is 11.7. The van der Waals surface area contributed by atoms with Gasteiger partial charge in [-0.2, -0.15) is 0 Å². The molecule has 3 N–H and O–H groups in total. The van der Waals surface area contributed by atoms with Crippen LogP contribution in [0.5, 0.6) is 5.75 Å². The molecule has 0 aromatic heterocycles. The first-order valence-corrected chi connectivity index (χ1v) is 6.19. The number of aromatic hydroxyl groups is 1. The SMILES string of the molecule is Cc1cc(O)c(C(C)CN)c2c1CCCC2. The van der Waals surface area contributed by atoms with Gasteiger partial charge in [-0.05, 0) is 67.8 Å². The summed E-state index contributed by atoms with van der Waals surface area (Å²) in [5, 5.41) is 10.1. The molecule has 2 nitrogen and oxygen atoms in total. The molecule has 1 aliphatic rings. The molecule has 1 unspecified atom stereocenters. The molecule has 2 rings (SSSR count). The Balaban J connectivity index is 2.58. The van der Waals surface area contributed by atoms with Crippen LogP contribution in [0.25, 0.3) is 0 Å². The van der Waals surface area contributed by atoms with Crippen molar-refractivity contribution in [1.82, 2.24) is 0 Å². The lowest BCUT2D eigenvalue weighted by atomic mass is 9.81. The number of rotatable bonds is 2. The van der Waals surface area contributed by atoms with E-state index in [1.54, 1.807) is 0 Å². The molecule has 16 heavy (non-hydrogen) atoms. The van der Waals surface area contributed by atoms with Crippen LogP contribution in [0.1, 0.15) is 47.9 Å². The second kappa shape index (κ2) is 4.46. The lowest BCUT2D eigenvalue weighted by Gasteiger charge is -2.25. The van der Waals surface area contributed by atoms with E-state index in [1.165, 1.54) is 29.5 Å². The van der Waals surface area contributed by atoms with Gasteiger partial charge in [0.15, 0.2) is 0 Å². The first kappa shape index (κ1) is 11.5. The highest BCUT2D eigenvalue weighted by atomic mass is 16.3. The number of benzene rings is 1. The molecule has 1 aromatic carbocycles. The van der Waals surface area contributed by atoms with E-state index in [0.29, 0.717) is 12.3 Å². The van der Waals surface area contributed by atoms with E-state index in [4.69, 9.17) is 5.73 Å². The average molecular weight is 219 g/mol. The molecule has 0 saturated carbocycles. The van der Waals surface area contributed by atoms with Gasteiger partial charge in [-0.25, -0.2) is 0 Å². The van der Waals surface area contributed by atoms with Crippen LogP contribution in [0.3, 0.4) is 0 Å². The molecule has 1 atom stereocenters. The molecule has 1 aliphatic carbocycles. The highest BCUT2D eigenvalue weighted by Crippen LogP contribution is 2.37. The number of fused-ring (bicyclic) bond motifs is 1. The minimum absolute atomic E-state index is 0.257. The molecule has 0 spiro atoms. The van der Waals surface area contributed by atoms with Crippen LogP contribution in [0.15, 0.2) is 6.07 Å². The molecule has 0 aliphatic heterocycles. The lowest BCUT2D eigenvalue weighted by molar-refractivity contribution is 0.459. The molecule has 88 valence electrons. The maximum absolute atomic E-state index is 10.1. The number of hydrogen-bond acceptors (Lipinski definition) is 2. The summed E-state index contributed by atoms with van der Waals surface area (Å²) >= 11 is 0. The minimum Gasteiger partial charge on any atom is -0.508 e. The van der Waals surface area contributed by atoms with Gasteiger partial charge in [0.1, 0.15) is 5.75 Å². The number of phenolic OH excluding ortho intramolecular Hbond substituents is 1. The quantitative estimate of drug-likeness (QED) is 0.803. The zero-order valence-corrected chi connectivity index (χ0v) is 10.2. The smallest absolute Gasteiger partial charge is 0.119 e. The highest BCUT2D eigenvalue weighted by molar-refractivity contribution is 5.51. The second-order valence-corrected chi connectivity index (χ2v) is 4.93. The van der Waals surface area contributed by atoms with Gasteiger partial charge >= 0.3 is 0 Å². The minimum atomic E-state index is 0.257. The summed E-state index contributed by atoms with van der Waals surface area (Å²) in [6, 6.07) is 1.91. The fourth-order valence-electron chi connectivity index (χ4n) is 2.83. The van der Waals surface area contributed by atoms with Crippen molar-refractivity contribution >= 4 is 0 Å². The topological polar surface area (TPSA) is 46.2 Å². The van der Waals surface area contributed by atoms with E-state index in [-0.39, 0.29) is 5.92 Å². The standard InChI is InChI=1S/C14H21NO/c1-9-7-13(16)14(10(2)8-15)12-6-4-3-5-11(9)12/h7,10,16H,3-6,8,15H2,1-2H3. The van der Waals surface area contributed by atoms with Crippen LogP contribution in [0, 0.1) is 6.92 Å². The third kappa shape index (κ3) is 1.82. The molecule has 0 radical (unpaired) electrons. The Morgan fingerprint density at radius 3 is 2.56 bits per heavy atom. The van der Waals surface area contributed by atoms with E-state index < -0.39 is 0 Å². The monoisotopic (exact) mass is 219 g/mol. The van der Waals surface area contributed by atoms with Crippen molar-refractivity contribution in [3.8, 4) is 5.75 Å². The normalized spacial score (nSPS) is 16.9. The first-order chi connectivity index (χ1) is 7.65. The van der Waals surface area contributed by atoms with Crippen molar-refractivity contribution in [1.29, 1.82) is 0 Å². The maximum Gasteiger partial charge on any atom is 0.119 e. The highest BCUT2D eigenvalue weighted by Gasteiger charge is 2.21. The summed E-state index contributed by atoms with van der Waals surface area (Å²) < 4.78 is 0. The van der Waals surface area contributed by atoms with Gasteiger partial charge in [-0.1, -0.05) is 6.92 Å². The van der Waals surface area contributed by atoms with E-state index in [0.717, 1.165) is 18.4 Å². The Morgan fingerprint density at radius 1 is 1.31 bits per heavy atom. The van der Waals surface area contributed by atoms with E-state index >= 15 is 0 Å². The summed E-state index contributed by atoms with van der Waals surface area (Å²) in [7, 11) is 0. The van der Waals surface area contributed by atoms with Crippen LogP contribution >= 0.6 is 0 Å². The molecule has 0 saturated heterocycles. The van der Waals surface area contributed by atoms with Crippen molar-refractivity contribution in [2.24, 2.45) is 5.73 Å². The van der Waals surface area contributed by atoms with Crippen molar-refractivity contribution in [3.63, 3.8) is 0 Å². The van der Waals surface area contributed by atoms with E-state index in [1.807, 2.05) is 6.07 Å². The van der Waals surface area contributed by atoms with Gasteiger partial charge in [0.25, 0.3) is 0 Å². The average Bonchev–Trinajstić information content (AvgIpc) is 2.28. The van der Waals surface area contributed by atoms with Gasteiger partial charge in [0, 0.05) is 5.56 Å². The Bertz CT molecular complexity index is 398. The third-order valence-corrected chi connectivity index (χ3v) is 3.74. The Labute approximate surface area is 97.5 Å². The van der Waals surface area contributed by atoms with Gasteiger partial charge in [0.05, 0.1) is 0 Å². The fourth-order valence-corrected chi connectivity index (χ4v) is 2.83. The van der Waals surface area contributed by atoms with Gasteiger partial charge in [-0.15, -0.1) is 0 Å². The molecule has 0 fully saturated rings. The number of nitrogens with two attached hydrogens (primary N) is 1. The van der Waals surface area contributed by atoms with Crippen LogP contribution in [-0.2, 0) is 12.8 Å². The second-order valence-electron chi connectivity index (χ2n) is 4.93. The molecule has 0 heterocycles. The third-order valence-electron chi connectivity index (χ3n) is 3.74. The van der Waals surface area contributed by atoms with Gasteiger partial charge in [0.2, 0.25) is 0 Å². The summed E-state index contributed by atoms with van der Waals surface area (Å²) in [5.74, 6) is 0.698. The molecular formula is C14H21NO. The molecule has 0 bridgehead atoms. The zero-order valence-electron chi connectivity index (χ0n) is 10.2. The maximum atomic E-state index is 10.1. The Morgan fingerprint density at radius 2 is 1.94 bits per heavy atom. The number of aryl methyl sites for hydroxylation is 1. The van der Waals surface area contributed by atoms with Crippen LogP contribution in [0.4, 0.5) is 0 Å². The predicted molar refractivity (Wildman–Crippen MR) is 67.0 cm³/mol. The van der Waals surface area contributed by atoms with E-state index in [2.05, 4.69) is 13.8 Å². The number of phenols is 1.